The van der Waals surface area contributed by atoms with Crippen molar-refractivity contribution >= 4 is 15.7 Å². The maximum Gasteiger partial charge on any atom is 0.238 e. The van der Waals surface area contributed by atoms with Gasteiger partial charge >= 0.3 is 0 Å². The first-order valence-electron chi connectivity index (χ1n) is 8.48. The molecule has 0 saturated heterocycles. The molecule has 1 amide bonds. The lowest BCUT2D eigenvalue weighted by Gasteiger charge is -2.23. The van der Waals surface area contributed by atoms with Gasteiger partial charge in [-0.2, -0.15) is 5.10 Å². The molecule has 2 aromatic rings. The Labute approximate surface area is 158 Å². The number of rotatable bonds is 6. The number of carbonyl (C=O) groups is 1. The maximum absolute atomic E-state index is 12.7. The average molecular weight is 393 g/mol. The van der Waals surface area contributed by atoms with Gasteiger partial charge in [-0.3, -0.25) is 9.48 Å². The summed E-state index contributed by atoms with van der Waals surface area (Å²) in [7, 11) is -1.61. The Morgan fingerprint density at radius 1 is 1.26 bits per heavy atom. The summed E-state index contributed by atoms with van der Waals surface area (Å²) in [5.41, 5.74) is 3.42. The van der Waals surface area contributed by atoms with Gasteiger partial charge in [0.1, 0.15) is 5.75 Å². The van der Waals surface area contributed by atoms with Crippen LogP contribution in [-0.4, -0.2) is 47.8 Å². The number of carbonyl (C=O) groups excluding carboxylic acids is 1. The predicted molar refractivity (Wildman–Crippen MR) is 99.2 cm³/mol. The summed E-state index contributed by atoms with van der Waals surface area (Å²) in [6.45, 7) is 4.41. The van der Waals surface area contributed by atoms with Crippen molar-refractivity contribution in [2.75, 3.05) is 18.8 Å². The number of ether oxygens (including phenoxy) is 2. The second-order valence-electron chi connectivity index (χ2n) is 6.74. The minimum atomic E-state index is -3.45. The molecule has 1 aromatic heterocycles. The average Bonchev–Trinajstić information content (AvgIpc) is 3.13. The molecule has 0 bridgehead atoms. The molecule has 0 fully saturated rings. The summed E-state index contributed by atoms with van der Waals surface area (Å²) in [5.74, 6) is 0.209. The number of hydrogen-bond acceptors (Lipinski definition) is 6. The zero-order chi connectivity index (χ0) is 19.8. The maximum atomic E-state index is 12.7. The van der Waals surface area contributed by atoms with Crippen molar-refractivity contribution < 1.29 is 22.7 Å². The fourth-order valence-corrected chi connectivity index (χ4v) is 3.74. The van der Waals surface area contributed by atoms with Crippen LogP contribution in [0.1, 0.15) is 22.5 Å². The van der Waals surface area contributed by atoms with E-state index in [-0.39, 0.29) is 19.9 Å². The first-order chi connectivity index (χ1) is 12.7. The van der Waals surface area contributed by atoms with Crippen LogP contribution in [0.25, 0.3) is 0 Å². The van der Waals surface area contributed by atoms with Crippen LogP contribution in [0.2, 0.25) is 0 Å². The summed E-state index contributed by atoms with van der Waals surface area (Å²) in [6, 6.07) is 5.46. The van der Waals surface area contributed by atoms with Crippen LogP contribution < -0.4 is 9.47 Å². The van der Waals surface area contributed by atoms with Gasteiger partial charge in [0, 0.05) is 43.2 Å². The summed E-state index contributed by atoms with van der Waals surface area (Å²) >= 11 is 0. The molecule has 1 aliphatic heterocycles. The third-order valence-corrected chi connectivity index (χ3v) is 5.36. The van der Waals surface area contributed by atoms with Crippen LogP contribution in [0.3, 0.4) is 0 Å². The number of aromatic nitrogens is 2. The number of para-hydroxylation sites is 1. The van der Waals surface area contributed by atoms with Crippen molar-refractivity contribution in [1.29, 1.82) is 0 Å². The number of aryl methyl sites for hydroxylation is 2. The van der Waals surface area contributed by atoms with Gasteiger partial charge in [0.15, 0.2) is 21.3 Å². The van der Waals surface area contributed by atoms with E-state index in [4.69, 9.17) is 9.47 Å². The van der Waals surface area contributed by atoms with Crippen molar-refractivity contribution in [2.24, 2.45) is 7.05 Å². The van der Waals surface area contributed by atoms with E-state index in [1.54, 1.807) is 10.7 Å². The Morgan fingerprint density at radius 3 is 2.63 bits per heavy atom. The van der Waals surface area contributed by atoms with E-state index in [0.717, 1.165) is 28.8 Å². The van der Waals surface area contributed by atoms with E-state index in [1.165, 1.54) is 4.90 Å². The fourth-order valence-electron chi connectivity index (χ4n) is 3.11. The number of amides is 1. The predicted octanol–water partition coefficient (Wildman–Crippen LogP) is 1.34. The smallest absolute Gasteiger partial charge is 0.238 e. The molecular formula is C18H23N3O5S. The van der Waals surface area contributed by atoms with E-state index in [1.807, 2.05) is 33.0 Å². The molecule has 0 radical (unpaired) electrons. The Morgan fingerprint density at radius 2 is 2.00 bits per heavy atom. The molecule has 0 saturated carbocycles. The van der Waals surface area contributed by atoms with Crippen LogP contribution in [0.15, 0.2) is 18.2 Å². The van der Waals surface area contributed by atoms with E-state index in [0.29, 0.717) is 11.5 Å². The highest BCUT2D eigenvalue weighted by Crippen LogP contribution is 2.36. The zero-order valence-electron chi connectivity index (χ0n) is 15.9. The van der Waals surface area contributed by atoms with Crippen LogP contribution in [0.4, 0.5) is 0 Å². The van der Waals surface area contributed by atoms with Gasteiger partial charge in [-0.25, -0.2) is 8.42 Å². The summed E-state index contributed by atoms with van der Waals surface area (Å²) < 4.78 is 36.0. The molecule has 0 unspecified atom stereocenters. The van der Waals surface area contributed by atoms with E-state index < -0.39 is 21.5 Å². The lowest BCUT2D eigenvalue weighted by atomic mass is 10.1. The third kappa shape index (κ3) is 4.24. The Kier molecular flexibility index (Phi) is 5.14. The molecular weight excluding hydrogens is 370 g/mol. The van der Waals surface area contributed by atoms with Gasteiger partial charge in [-0.05, 0) is 19.9 Å². The Balaban J connectivity index is 1.93. The van der Waals surface area contributed by atoms with E-state index in [2.05, 4.69) is 5.10 Å². The highest BCUT2D eigenvalue weighted by molar-refractivity contribution is 7.91. The van der Waals surface area contributed by atoms with Crippen molar-refractivity contribution in [1.82, 2.24) is 14.7 Å². The zero-order valence-corrected chi connectivity index (χ0v) is 16.7. The molecule has 1 aromatic carbocycles. The standard InChI is InChI=1S/C18H23N3O5S/c1-12-15(13(2)20(3)19-12)9-21(17(22)10-27(4,23)24)8-14-6-5-7-16-18(14)26-11-25-16/h5-7H,8-11H2,1-4H3. The number of nitrogens with zero attached hydrogens (tertiary/aromatic N) is 3. The quantitative estimate of drug-likeness (QED) is 0.736. The molecule has 3 rings (SSSR count). The highest BCUT2D eigenvalue weighted by atomic mass is 32.2. The summed E-state index contributed by atoms with van der Waals surface area (Å²) in [6.07, 6.45) is 1.06. The first-order valence-corrected chi connectivity index (χ1v) is 10.5. The number of hydrogen-bond donors (Lipinski definition) is 0. The minimum Gasteiger partial charge on any atom is -0.454 e. The van der Waals surface area contributed by atoms with Crippen molar-refractivity contribution in [3.8, 4) is 11.5 Å². The second kappa shape index (κ2) is 7.22. The van der Waals surface area contributed by atoms with Crippen LogP contribution in [0, 0.1) is 13.8 Å². The Hall–Kier alpha value is -2.55. The van der Waals surface area contributed by atoms with Gasteiger partial charge in [-0.1, -0.05) is 12.1 Å². The number of benzene rings is 1. The lowest BCUT2D eigenvalue weighted by molar-refractivity contribution is -0.129. The van der Waals surface area contributed by atoms with E-state index >= 15 is 0 Å². The normalized spacial score (nSPS) is 13.0. The lowest BCUT2D eigenvalue weighted by Crippen LogP contribution is -2.35. The molecule has 27 heavy (non-hydrogen) atoms. The molecule has 1 aliphatic rings. The molecule has 8 nitrogen and oxygen atoms in total. The topological polar surface area (TPSA) is 90.7 Å². The van der Waals surface area contributed by atoms with Gasteiger partial charge in [0.2, 0.25) is 12.7 Å². The SMILES string of the molecule is Cc1nn(C)c(C)c1CN(Cc1cccc2c1OCO2)C(=O)CS(C)(=O)=O. The van der Waals surface area contributed by atoms with Crippen LogP contribution >= 0.6 is 0 Å². The first kappa shape index (κ1) is 19.2. The summed E-state index contributed by atoms with van der Waals surface area (Å²) in [4.78, 5) is 14.3. The highest BCUT2D eigenvalue weighted by Gasteiger charge is 2.25. The molecule has 0 aliphatic carbocycles. The third-order valence-electron chi connectivity index (χ3n) is 4.59. The Bertz CT molecular complexity index is 981. The van der Waals surface area contributed by atoms with Crippen LogP contribution in [-0.2, 0) is 34.8 Å². The molecule has 2 heterocycles. The summed E-state index contributed by atoms with van der Waals surface area (Å²) in [5, 5.41) is 4.38. The van der Waals surface area contributed by atoms with Gasteiger partial charge in [0.05, 0.1) is 5.69 Å². The largest absolute Gasteiger partial charge is 0.454 e. The van der Waals surface area contributed by atoms with Gasteiger partial charge < -0.3 is 14.4 Å². The van der Waals surface area contributed by atoms with Crippen molar-refractivity contribution in [2.45, 2.75) is 26.9 Å². The van der Waals surface area contributed by atoms with Gasteiger partial charge in [0.25, 0.3) is 0 Å². The molecule has 0 spiro atoms. The number of sulfone groups is 1. The second-order valence-corrected chi connectivity index (χ2v) is 8.88. The molecule has 0 atom stereocenters. The van der Waals surface area contributed by atoms with Gasteiger partial charge in [-0.15, -0.1) is 0 Å². The van der Waals surface area contributed by atoms with Crippen molar-refractivity contribution in [3.05, 3.63) is 40.7 Å². The molecule has 9 heteroatoms. The number of fused-ring (bicyclic) bond motifs is 1. The molecule has 0 N–H and O–H groups in total. The molecule has 146 valence electrons. The van der Waals surface area contributed by atoms with Crippen LogP contribution in [0.5, 0.6) is 11.5 Å². The van der Waals surface area contributed by atoms with Crippen molar-refractivity contribution in [3.63, 3.8) is 0 Å². The minimum absolute atomic E-state index is 0.129. The van der Waals surface area contributed by atoms with E-state index in [9.17, 15) is 13.2 Å². The monoisotopic (exact) mass is 393 g/mol. The fraction of sp³-hybridized carbons (Fsp3) is 0.444.